The highest BCUT2D eigenvalue weighted by Gasteiger charge is 2.87. The first kappa shape index (κ1) is 26.0. The Morgan fingerprint density at radius 1 is 1.08 bits per heavy atom. The Balaban J connectivity index is 1.38. The molecule has 9 nitrogen and oxygen atoms in total. The van der Waals surface area contributed by atoms with Crippen LogP contribution in [-0.4, -0.2) is 85.2 Å². The van der Waals surface area contributed by atoms with Gasteiger partial charge < -0.3 is 33.5 Å². The zero-order valence-electron chi connectivity index (χ0n) is 22.3. The van der Waals surface area contributed by atoms with Crippen molar-refractivity contribution < 1.29 is 43.1 Å². The number of cyclic esters (lactones) is 1. The van der Waals surface area contributed by atoms with E-state index in [1.807, 2.05) is 13.8 Å². The molecular formula is C29H36O9. The van der Waals surface area contributed by atoms with E-state index in [1.165, 1.54) is 12.2 Å². The summed E-state index contributed by atoms with van der Waals surface area (Å²) in [5.74, 6) is -0.948. The summed E-state index contributed by atoms with van der Waals surface area (Å²) in [6, 6.07) is 0. The van der Waals surface area contributed by atoms with Gasteiger partial charge in [0.1, 0.15) is 36.6 Å². The number of aliphatic hydroxyl groups is 1. The van der Waals surface area contributed by atoms with Crippen molar-refractivity contribution >= 4 is 11.9 Å². The fraction of sp³-hybridized carbons (Fsp3) is 0.655. The van der Waals surface area contributed by atoms with Crippen LogP contribution in [0.1, 0.15) is 40.5 Å². The number of epoxide rings is 2. The van der Waals surface area contributed by atoms with Crippen molar-refractivity contribution in [3.63, 3.8) is 0 Å². The third kappa shape index (κ3) is 3.78. The molecule has 0 aromatic rings. The monoisotopic (exact) mass is 528 g/mol. The first-order chi connectivity index (χ1) is 18.1. The van der Waals surface area contributed by atoms with Crippen LogP contribution < -0.4 is 0 Å². The van der Waals surface area contributed by atoms with E-state index in [2.05, 4.69) is 13.0 Å². The molecule has 4 heterocycles. The molecule has 10 atom stereocenters. The zero-order chi connectivity index (χ0) is 26.9. The molecule has 206 valence electrons. The first-order valence-corrected chi connectivity index (χ1v) is 13.4. The average molecular weight is 529 g/mol. The lowest BCUT2D eigenvalue weighted by molar-refractivity contribution is -0.235. The van der Waals surface area contributed by atoms with Gasteiger partial charge in [-0.05, 0) is 32.8 Å². The van der Waals surface area contributed by atoms with Crippen molar-refractivity contribution in [1.82, 2.24) is 0 Å². The lowest BCUT2D eigenvalue weighted by Gasteiger charge is -2.57. The van der Waals surface area contributed by atoms with Crippen molar-refractivity contribution in [3.05, 3.63) is 47.6 Å². The number of fused-ring (bicyclic) bond motifs is 1. The van der Waals surface area contributed by atoms with Crippen LogP contribution in [0.25, 0.3) is 0 Å². The number of carbonyl (C=O) groups is 2. The molecule has 0 amide bonds. The Hall–Kier alpha value is -2.30. The zero-order valence-corrected chi connectivity index (χ0v) is 22.3. The smallest absolute Gasteiger partial charge is 0.331 e. The molecular weight excluding hydrogens is 492 g/mol. The molecule has 2 aliphatic carbocycles. The first-order valence-electron chi connectivity index (χ1n) is 13.4. The Labute approximate surface area is 222 Å². The largest absolute Gasteiger partial charge is 0.462 e. The highest BCUT2D eigenvalue weighted by atomic mass is 16.7. The summed E-state index contributed by atoms with van der Waals surface area (Å²) in [6.45, 7) is 8.45. The molecule has 6 aliphatic rings. The standard InChI is InChI=1S/C29H36O9/c1-16-9-10-33-19(18(3)30)7-5-6-8-23(31)37-20-13-22-29(15-35-29)27(20,4)28(14-34-24(32)11-16)21(36-22)12-17(2)25-26(28)38-25/h5-8,11-12,18-22,25-26,30H,9-10,13-15H2,1-4H3/b7-5+,8-6-,16-11+/t18-,19-,20+,21+,22+,25-,26-,27+,28+,29-/m0/s1. The van der Waals surface area contributed by atoms with E-state index >= 15 is 0 Å². The number of allylic oxidation sites excluding steroid dienone is 2. The fourth-order valence-electron chi connectivity index (χ4n) is 7.26. The van der Waals surface area contributed by atoms with Crippen LogP contribution in [0.3, 0.4) is 0 Å². The van der Waals surface area contributed by atoms with Crippen LogP contribution in [-0.2, 0) is 38.0 Å². The highest BCUT2D eigenvalue weighted by Crippen LogP contribution is 2.74. The number of ether oxygens (including phenoxy) is 6. The van der Waals surface area contributed by atoms with Crippen LogP contribution >= 0.6 is 0 Å². The maximum atomic E-state index is 13.0. The average Bonchev–Trinajstić information content (AvgIpc) is 3.76. The van der Waals surface area contributed by atoms with Gasteiger partial charge in [-0.3, -0.25) is 0 Å². The number of hydrogen-bond donors (Lipinski definition) is 1. The van der Waals surface area contributed by atoms with Gasteiger partial charge in [-0.15, -0.1) is 0 Å². The van der Waals surface area contributed by atoms with Crippen molar-refractivity contribution in [3.8, 4) is 0 Å². The summed E-state index contributed by atoms with van der Waals surface area (Å²) in [5.41, 5.74) is -0.222. The van der Waals surface area contributed by atoms with Gasteiger partial charge in [0.25, 0.3) is 0 Å². The second-order valence-corrected chi connectivity index (χ2v) is 11.7. The molecule has 2 bridgehead atoms. The Bertz CT molecular complexity index is 1130. The SMILES string of the molecule is CC1=C[C@H]2O[C@@H]3C[C@H]4OC(=O)/C=C\C=C\[C@@H]([C@H](C)O)OCC/C(C)=C/C(=O)OC[C@@]2([C@H]2O[C@@H]12)[C@]4(C)[C@]31CO1. The lowest BCUT2D eigenvalue weighted by Crippen LogP contribution is -2.69. The van der Waals surface area contributed by atoms with Crippen LogP contribution in [0.4, 0.5) is 0 Å². The minimum absolute atomic E-state index is 0.0484. The van der Waals surface area contributed by atoms with Gasteiger partial charge in [-0.25, -0.2) is 9.59 Å². The van der Waals surface area contributed by atoms with Crippen LogP contribution in [0.5, 0.6) is 0 Å². The molecule has 4 fully saturated rings. The molecule has 1 saturated carbocycles. The Kier molecular flexibility index (Phi) is 6.23. The summed E-state index contributed by atoms with van der Waals surface area (Å²) >= 11 is 0. The molecule has 2 spiro atoms. The molecule has 4 aliphatic heterocycles. The van der Waals surface area contributed by atoms with Gasteiger partial charge in [0, 0.05) is 18.6 Å². The second kappa shape index (κ2) is 9.13. The Morgan fingerprint density at radius 2 is 1.87 bits per heavy atom. The van der Waals surface area contributed by atoms with E-state index in [4.69, 9.17) is 28.4 Å². The molecule has 0 aromatic carbocycles. The van der Waals surface area contributed by atoms with Gasteiger partial charge in [0.2, 0.25) is 0 Å². The summed E-state index contributed by atoms with van der Waals surface area (Å²) in [5, 5.41) is 10.1. The van der Waals surface area contributed by atoms with Gasteiger partial charge in [-0.1, -0.05) is 36.8 Å². The number of esters is 2. The van der Waals surface area contributed by atoms with Crippen molar-refractivity contribution in [2.75, 3.05) is 19.8 Å². The van der Waals surface area contributed by atoms with Crippen LogP contribution in [0.2, 0.25) is 0 Å². The topological polar surface area (TPSA) is 116 Å². The summed E-state index contributed by atoms with van der Waals surface area (Å²) in [7, 11) is 0. The van der Waals surface area contributed by atoms with E-state index in [0.717, 1.165) is 11.1 Å². The van der Waals surface area contributed by atoms with Crippen molar-refractivity contribution in [2.45, 2.75) is 88.9 Å². The van der Waals surface area contributed by atoms with Crippen molar-refractivity contribution in [1.29, 1.82) is 0 Å². The maximum absolute atomic E-state index is 13.0. The van der Waals surface area contributed by atoms with Gasteiger partial charge in [0.15, 0.2) is 0 Å². The number of aliphatic hydroxyl groups excluding tert-OH is 1. The minimum atomic E-state index is -0.786. The van der Waals surface area contributed by atoms with Crippen LogP contribution in [0, 0.1) is 10.8 Å². The molecule has 0 radical (unpaired) electrons. The third-order valence-corrected chi connectivity index (χ3v) is 9.58. The van der Waals surface area contributed by atoms with E-state index in [1.54, 1.807) is 25.2 Å². The number of rotatable bonds is 1. The van der Waals surface area contributed by atoms with Crippen molar-refractivity contribution in [2.24, 2.45) is 10.8 Å². The van der Waals surface area contributed by atoms with E-state index in [9.17, 15) is 14.7 Å². The lowest BCUT2D eigenvalue weighted by atomic mass is 9.51. The highest BCUT2D eigenvalue weighted by molar-refractivity contribution is 5.83. The van der Waals surface area contributed by atoms with E-state index < -0.39 is 46.7 Å². The normalized spacial score (nSPS) is 50.0. The van der Waals surface area contributed by atoms with Gasteiger partial charge >= 0.3 is 11.9 Å². The van der Waals surface area contributed by atoms with E-state index in [0.29, 0.717) is 26.1 Å². The molecule has 9 heteroatoms. The molecule has 6 rings (SSSR count). The molecule has 0 unspecified atom stereocenters. The number of hydrogen-bond acceptors (Lipinski definition) is 9. The summed E-state index contributed by atoms with van der Waals surface area (Å²) in [4.78, 5) is 26.0. The molecule has 1 N–H and O–H groups in total. The molecule has 0 aromatic heterocycles. The molecule has 38 heavy (non-hydrogen) atoms. The molecule has 3 saturated heterocycles. The van der Waals surface area contributed by atoms with E-state index in [-0.39, 0.29) is 31.0 Å². The second-order valence-electron chi connectivity index (χ2n) is 11.7. The summed E-state index contributed by atoms with van der Waals surface area (Å²) in [6.07, 6.45) is 8.09. The third-order valence-electron chi connectivity index (χ3n) is 9.58. The predicted molar refractivity (Wildman–Crippen MR) is 134 cm³/mol. The van der Waals surface area contributed by atoms with Crippen LogP contribution in [0.15, 0.2) is 47.6 Å². The van der Waals surface area contributed by atoms with Gasteiger partial charge in [-0.2, -0.15) is 0 Å². The number of carbonyl (C=O) groups excluding carboxylic acids is 2. The maximum Gasteiger partial charge on any atom is 0.331 e. The predicted octanol–water partition coefficient (Wildman–Crippen LogP) is 2.33. The van der Waals surface area contributed by atoms with Gasteiger partial charge in [0.05, 0.1) is 42.4 Å². The minimum Gasteiger partial charge on any atom is -0.462 e. The summed E-state index contributed by atoms with van der Waals surface area (Å²) < 4.78 is 36.8. The fourth-order valence-corrected chi connectivity index (χ4v) is 7.26. The Morgan fingerprint density at radius 3 is 2.61 bits per heavy atom. The quantitative estimate of drug-likeness (QED) is 0.311.